The Hall–Kier alpha value is -7.68. The molecular formula is C47H41N13O11S6. The number of aryl methyl sites for hydroxylation is 1. The Morgan fingerprint density at radius 2 is 1.47 bits per heavy atom. The number of aliphatic hydroxyl groups is 1. The van der Waals surface area contributed by atoms with Crippen LogP contribution in [0.5, 0.6) is 0 Å². The molecule has 1 aliphatic rings. The number of nitrogens with zero attached hydrogens (tertiary/aromatic N) is 7. The van der Waals surface area contributed by atoms with Crippen molar-refractivity contribution < 1.29 is 53.2 Å². The first-order chi connectivity index (χ1) is 37.1. The highest BCUT2D eigenvalue weighted by Gasteiger charge is 2.31. The minimum Gasteiger partial charge on any atom is -0.480 e. The van der Waals surface area contributed by atoms with Crippen LogP contribution in [0, 0.1) is 6.92 Å². The summed E-state index contributed by atoms with van der Waals surface area (Å²) in [6.45, 7) is -0.111. The maximum absolute atomic E-state index is 14.1. The van der Waals surface area contributed by atoms with Crippen molar-refractivity contribution in [2.75, 3.05) is 44.5 Å². The predicted molar refractivity (Wildman–Crippen MR) is 287 cm³/mol. The largest absolute Gasteiger partial charge is 0.480 e. The number of ether oxygens (including phenoxy) is 2. The molecule has 0 fully saturated rings. The lowest BCUT2D eigenvalue weighted by molar-refractivity contribution is -0.143. The number of methoxy groups -OCH3 is 1. The average molecular weight is 1160 g/mol. The summed E-state index contributed by atoms with van der Waals surface area (Å²) in [7, 11) is 2.87. The lowest BCUT2D eigenvalue weighted by Crippen LogP contribution is -2.40. The summed E-state index contributed by atoms with van der Waals surface area (Å²) < 4.78 is 10.2. The summed E-state index contributed by atoms with van der Waals surface area (Å²) in [4.78, 5) is 125. The van der Waals surface area contributed by atoms with E-state index in [1.807, 2.05) is 0 Å². The first kappa shape index (κ1) is 54.1. The summed E-state index contributed by atoms with van der Waals surface area (Å²) >= 11 is 6.78. The van der Waals surface area contributed by atoms with Crippen molar-refractivity contribution in [1.29, 1.82) is 0 Å². The van der Waals surface area contributed by atoms with Crippen LogP contribution in [0.3, 0.4) is 0 Å². The SMILES string of the molecule is CNC(=O)C[C@@H]1NC(=O)c2csc(n2)-c2ccc(-c3nc(NC(=O)COCC(=O)O)cs3)nc2-c2csc(n2)-c2csc(n2)[C@H]([C@@H](O)c2ccccc2)NC(=O)CNC(=O)c2nc(sc2COC)NC(=O)c2nc1sc2C. The van der Waals surface area contributed by atoms with Gasteiger partial charge < -0.3 is 46.3 Å². The number of aliphatic carboxylic acids is 1. The number of carboxylic acids is 1. The maximum atomic E-state index is 14.1. The summed E-state index contributed by atoms with van der Waals surface area (Å²) in [5, 5.41) is 45.2. The van der Waals surface area contributed by atoms with Gasteiger partial charge in [0.2, 0.25) is 11.8 Å². The number of nitrogens with one attached hydrogen (secondary N) is 6. The zero-order valence-electron chi connectivity index (χ0n) is 40.3. The van der Waals surface area contributed by atoms with Crippen LogP contribution in [0.2, 0.25) is 0 Å². The average Bonchev–Trinajstić information content (AvgIpc) is 4.32. The van der Waals surface area contributed by atoms with Crippen molar-refractivity contribution in [3.05, 3.63) is 106 Å². The Bertz CT molecular complexity index is 3530. The molecule has 8 N–H and O–H groups in total. The van der Waals surface area contributed by atoms with E-state index in [1.54, 1.807) is 70.9 Å². The van der Waals surface area contributed by atoms with Gasteiger partial charge in [0.1, 0.15) is 90.4 Å². The third-order valence-electron chi connectivity index (χ3n) is 11.0. The van der Waals surface area contributed by atoms with Crippen molar-refractivity contribution in [2.45, 2.75) is 38.1 Å². The molecular weight excluding hydrogens is 1110 g/mol. The van der Waals surface area contributed by atoms with Crippen LogP contribution >= 0.6 is 68.0 Å². The van der Waals surface area contributed by atoms with Gasteiger partial charge in [-0.15, -0.1) is 56.7 Å². The highest BCUT2D eigenvalue weighted by atomic mass is 32.1. The van der Waals surface area contributed by atoms with Crippen LogP contribution in [0.4, 0.5) is 10.9 Å². The number of carboxylic acid groups (broad SMARTS) is 1. The first-order valence-electron chi connectivity index (χ1n) is 22.7. The van der Waals surface area contributed by atoms with E-state index < -0.39 is 79.4 Å². The molecule has 77 heavy (non-hydrogen) atoms. The molecule has 10 bridgehead atoms. The van der Waals surface area contributed by atoms with Gasteiger partial charge in [-0.3, -0.25) is 34.1 Å². The van der Waals surface area contributed by atoms with Gasteiger partial charge in [0.05, 0.1) is 36.2 Å². The number of pyridine rings is 1. The van der Waals surface area contributed by atoms with E-state index in [4.69, 9.17) is 34.5 Å². The number of rotatable bonds is 12. The molecule has 6 amide bonds. The molecule has 3 atom stereocenters. The molecule has 9 rings (SSSR count). The van der Waals surface area contributed by atoms with E-state index in [1.165, 1.54) is 36.8 Å². The number of fused-ring (bicyclic) bond motifs is 14. The molecule has 1 aromatic carbocycles. The number of thiazole rings is 6. The molecule has 0 saturated heterocycles. The van der Waals surface area contributed by atoms with E-state index in [2.05, 4.69) is 46.9 Å². The maximum Gasteiger partial charge on any atom is 0.329 e. The van der Waals surface area contributed by atoms with E-state index in [0.29, 0.717) is 63.7 Å². The van der Waals surface area contributed by atoms with Crippen LogP contribution in [0.25, 0.3) is 43.4 Å². The Labute approximate surface area is 459 Å². The molecule has 8 aromatic rings. The third-order valence-corrected chi connectivity index (χ3v) is 16.5. The highest BCUT2D eigenvalue weighted by Crippen LogP contribution is 2.40. The molecule has 0 spiro atoms. The molecule has 0 aliphatic carbocycles. The molecule has 0 radical (unpaired) electrons. The normalized spacial score (nSPS) is 15.4. The van der Waals surface area contributed by atoms with Crippen molar-refractivity contribution in [1.82, 2.24) is 56.2 Å². The molecule has 0 unspecified atom stereocenters. The van der Waals surface area contributed by atoms with Crippen molar-refractivity contribution in [3.8, 4) is 43.4 Å². The van der Waals surface area contributed by atoms with Crippen LogP contribution in [-0.2, 0) is 35.3 Å². The molecule has 7 aromatic heterocycles. The van der Waals surface area contributed by atoms with E-state index in [-0.39, 0.29) is 46.1 Å². The molecule has 0 saturated carbocycles. The van der Waals surface area contributed by atoms with Gasteiger partial charge in [0.25, 0.3) is 23.6 Å². The van der Waals surface area contributed by atoms with Gasteiger partial charge in [-0.2, -0.15) is 0 Å². The zero-order valence-corrected chi connectivity index (χ0v) is 45.2. The Morgan fingerprint density at radius 1 is 0.727 bits per heavy atom. The van der Waals surface area contributed by atoms with Gasteiger partial charge in [-0.25, -0.2) is 39.7 Å². The van der Waals surface area contributed by atoms with Gasteiger partial charge in [-0.1, -0.05) is 41.7 Å². The van der Waals surface area contributed by atoms with E-state index in [9.17, 15) is 38.7 Å². The number of aromatic nitrogens is 7. The fraction of sp³-hybridized carbons (Fsp3) is 0.234. The first-order valence-corrected chi connectivity index (χ1v) is 27.8. The van der Waals surface area contributed by atoms with Gasteiger partial charge >= 0.3 is 5.97 Å². The number of hydrogen-bond donors (Lipinski definition) is 8. The standard InChI is InChI=1S/C47H41N13O11S6/c1-20-34-41(69)60-47-59-36(28(77-47)13-70-3)40(68)49-12-31(62)57-37(38(66)21-7-5-4-6-8-21)46-54-27(18-74-46)44-52-25(16-73-44)35-22(9-10-23(50-35)43-56-29(19-75-43)55-32(63)14-71-15-33(64)65)42-53-26(17-72-42)39(67)51-24(11-30(61)48-2)45(58-34)76-20/h4-10,16-19,24,37-38,66H,11-15H2,1-3H3,(H,48,61)(H,49,68)(H,51,67)(H,55,63)(H,57,62)(H,64,65)(H,59,60,69)/t24-,37-,38-/m0/s1. The number of anilines is 2. The second kappa shape index (κ2) is 24.1. The molecule has 396 valence electrons. The smallest absolute Gasteiger partial charge is 0.329 e. The van der Waals surface area contributed by atoms with Crippen molar-refractivity contribution in [3.63, 3.8) is 0 Å². The Balaban J connectivity index is 1.11. The van der Waals surface area contributed by atoms with Crippen molar-refractivity contribution >= 4 is 120 Å². The minimum absolute atomic E-state index is 0.00208. The number of benzene rings is 1. The number of carbonyl (C=O) groups is 7. The van der Waals surface area contributed by atoms with Crippen molar-refractivity contribution in [2.24, 2.45) is 0 Å². The Morgan fingerprint density at radius 3 is 2.25 bits per heavy atom. The lowest BCUT2D eigenvalue weighted by atomic mass is 10.0. The summed E-state index contributed by atoms with van der Waals surface area (Å²) in [5.74, 6) is -4.83. The summed E-state index contributed by atoms with van der Waals surface area (Å²) in [6.07, 6.45) is -1.53. The fourth-order valence-electron chi connectivity index (χ4n) is 7.39. The van der Waals surface area contributed by atoms with Crippen LogP contribution in [-0.4, -0.2) is 120 Å². The highest BCUT2D eigenvalue weighted by molar-refractivity contribution is 7.16. The molecule has 8 heterocycles. The Kier molecular flexibility index (Phi) is 16.9. The number of aliphatic hydroxyl groups excluding tert-OH is 1. The topological polar surface area (TPSA) is 341 Å². The van der Waals surface area contributed by atoms with Crippen LogP contribution in [0.1, 0.15) is 81.4 Å². The molecule has 24 nitrogen and oxygen atoms in total. The third kappa shape index (κ3) is 12.8. The van der Waals surface area contributed by atoms with Gasteiger partial charge in [0.15, 0.2) is 5.13 Å². The van der Waals surface area contributed by atoms with Gasteiger partial charge in [0, 0.05) is 46.1 Å². The number of carbonyl (C=O) groups excluding carboxylic acids is 6. The molecule has 30 heteroatoms. The number of amides is 6. The van der Waals surface area contributed by atoms with E-state index in [0.717, 1.165) is 45.3 Å². The second-order valence-electron chi connectivity index (χ2n) is 16.3. The van der Waals surface area contributed by atoms with Gasteiger partial charge in [-0.05, 0) is 24.6 Å². The minimum atomic E-state index is -1.29. The molecule has 1 aliphatic heterocycles. The fourth-order valence-corrected chi connectivity index (χ4v) is 12.5. The monoisotopic (exact) mass is 1160 g/mol. The second-order valence-corrected chi connectivity index (χ2v) is 22.1. The zero-order chi connectivity index (χ0) is 54.3. The quantitative estimate of drug-likeness (QED) is 0.0751. The predicted octanol–water partition coefficient (Wildman–Crippen LogP) is 5.48. The van der Waals surface area contributed by atoms with Crippen LogP contribution < -0.4 is 31.9 Å². The summed E-state index contributed by atoms with van der Waals surface area (Å²) in [6, 6.07) is 9.98. The number of hydrogen-bond acceptors (Lipinski definition) is 23. The lowest BCUT2D eigenvalue weighted by Gasteiger charge is -2.23. The van der Waals surface area contributed by atoms with E-state index >= 15 is 0 Å². The summed E-state index contributed by atoms with van der Waals surface area (Å²) in [5.41, 5.74) is 2.31. The van der Waals surface area contributed by atoms with Crippen LogP contribution in [0.15, 0.2) is 64.0 Å².